The summed E-state index contributed by atoms with van der Waals surface area (Å²) in [5, 5.41) is 10.4. The van der Waals surface area contributed by atoms with Crippen LogP contribution in [0.2, 0.25) is 0 Å². The molecule has 2 nitrogen and oxygen atoms in total. The first-order chi connectivity index (χ1) is 8.63. The molecule has 1 N–H and O–H groups in total. The van der Waals surface area contributed by atoms with Gasteiger partial charge in [-0.2, -0.15) is 0 Å². The average Bonchev–Trinajstić information content (AvgIpc) is 2.39. The fourth-order valence-corrected chi connectivity index (χ4v) is 2.24. The molecule has 1 rings (SSSR count). The van der Waals surface area contributed by atoms with Crippen molar-refractivity contribution in [3.63, 3.8) is 0 Å². The number of hydrogen-bond acceptors (Lipinski definition) is 2. The van der Waals surface area contributed by atoms with E-state index in [1.807, 2.05) is 0 Å². The van der Waals surface area contributed by atoms with Crippen molar-refractivity contribution in [1.82, 2.24) is 0 Å². The first kappa shape index (κ1) is 15.0. The van der Waals surface area contributed by atoms with Crippen molar-refractivity contribution in [2.75, 3.05) is 7.11 Å². The lowest BCUT2D eigenvalue weighted by Crippen LogP contribution is -2.13. The van der Waals surface area contributed by atoms with E-state index in [1.165, 1.54) is 19.2 Å². The van der Waals surface area contributed by atoms with Crippen molar-refractivity contribution in [2.45, 2.75) is 45.6 Å². The molecule has 1 aromatic carbocycles. The quantitative estimate of drug-likeness (QED) is 0.794. The molecule has 0 spiro atoms. The predicted molar refractivity (Wildman–Crippen MR) is 71.2 cm³/mol. The van der Waals surface area contributed by atoms with Crippen molar-refractivity contribution < 1.29 is 14.2 Å². The number of aliphatic hydroxyl groups is 1. The number of hydrogen-bond donors (Lipinski definition) is 1. The van der Waals surface area contributed by atoms with Crippen LogP contribution in [-0.2, 0) is 0 Å². The SMILES string of the molecule is CCCCC(CC)C(O)c1cc(F)ccc1OC. The number of methoxy groups -OCH3 is 1. The summed E-state index contributed by atoms with van der Waals surface area (Å²) >= 11 is 0. The lowest BCUT2D eigenvalue weighted by atomic mass is 9.88. The minimum atomic E-state index is -0.660. The van der Waals surface area contributed by atoms with E-state index in [0.717, 1.165) is 25.7 Å². The Morgan fingerprint density at radius 2 is 2.06 bits per heavy atom. The van der Waals surface area contributed by atoms with E-state index in [9.17, 15) is 9.50 Å². The van der Waals surface area contributed by atoms with Crippen molar-refractivity contribution in [1.29, 1.82) is 0 Å². The second kappa shape index (κ2) is 7.37. The largest absolute Gasteiger partial charge is 0.496 e. The number of benzene rings is 1. The molecule has 2 atom stereocenters. The standard InChI is InChI=1S/C15H23FO2/c1-4-6-7-11(5-2)15(17)13-10-12(16)8-9-14(13)18-3/h8-11,15,17H,4-7H2,1-3H3. The van der Waals surface area contributed by atoms with Gasteiger partial charge in [0.25, 0.3) is 0 Å². The summed E-state index contributed by atoms with van der Waals surface area (Å²) < 4.78 is 18.5. The van der Waals surface area contributed by atoms with Crippen LogP contribution in [0.25, 0.3) is 0 Å². The van der Waals surface area contributed by atoms with Gasteiger partial charge in [-0.3, -0.25) is 0 Å². The molecule has 3 heteroatoms. The van der Waals surface area contributed by atoms with Crippen LogP contribution < -0.4 is 4.74 Å². The Labute approximate surface area is 109 Å². The maximum absolute atomic E-state index is 13.3. The molecule has 0 saturated carbocycles. The van der Waals surface area contributed by atoms with Crippen LogP contribution in [0.1, 0.15) is 51.2 Å². The van der Waals surface area contributed by atoms with E-state index >= 15 is 0 Å². The summed E-state index contributed by atoms with van der Waals surface area (Å²) in [5.41, 5.74) is 0.556. The highest BCUT2D eigenvalue weighted by Crippen LogP contribution is 2.34. The number of ether oxygens (including phenoxy) is 1. The minimum absolute atomic E-state index is 0.153. The van der Waals surface area contributed by atoms with Gasteiger partial charge < -0.3 is 9.84 Å². The zero-order chi connectivity index (χ0) is 13.5. The highest BCUT2D eigenvalue weighted by molar-refractivity contribution is 5.36. The molecular formula is C15H23FO2. The monoisotopic (exact) mass is 254 g/mol. The highest BCUT2D eigenvalue weighted by Gasteiger charge is 2.22. The molecule has 0 radical (unpaired) electrons. The van der Waals surface area contributed by atoms with E-state index in [0.29, 0.717) is 11.3 Å². The van der Waals surface area contributed by atoms with Crippen molar-refractivity contribution in [3.8, 4) is 5.75 Å². The molecular weight excluding hydrogens is 231 g/mol. The van der Waals surface area contributed by atoms with E-state index in [1.54, 1.807) is 6.07 Å². The van der Waals surface area contributed by atoms with Gasteiger partial charge in [0.1, 0.15) is 11.6 Å². The summed E-state index contributed by atoms with van der Waals surface area (Å²) in [6, 6.07) is 4.29. The summed E-state index contributed by atoms with van der Waals surface area (Å²) in [4.78, 5) is 0. The van der Waals surface area contributed by atoms with E-state index in [4.69, 9.17) is 4.74 Å². The Morgan fingerprint density at radius 1 is 1.33 bits per heavy atom. The third-order valence-corrected chi connectivity index (χ3v) is 3.41. The molecule has 102 valence electrons. The number of halogens is 1. The highest BCUT2D eigenvalue weighted by atomic mass is 19.1. The van der Waals surface area contributed by atoms with Crippen molar-refractivity contribution >= 4 is 0 Å². The third kappa shape index (κ3) is 3.70. The zero-order valence-electron chi connectivity index (χ0n) is 11.4. The molecule has 1 aromatic rings. The Bertz CT molecular complexity index is 366. The Balaban J connectivity index is 2.92. The average molecular weight is 254 g/mol. The maximum Gasteiger partial charge on any atom is 0.124 e. The Kier molecular flexibility index (Phi) is 6.13. The molecule has 0 aliphatic heterocycles. The van der Waals surface area contributed by atoms with Gasteiger partial charge in [-0.25, -0.2) is 4.39 Å². The third-order valence-electron chi connectivity index (χ3n) is 3.41. The molecule has 0 aliphatic carbocycles. The first-order valence-corrected chi connectivity index (χ1v) is 6.65. The van der Waals surface area contributed by atoms with Gasteiger partial charge in [-0.1, -0.05) is 33.1 Å². The van der Waals surface area contributed by atoms with Crippen LogP contribution in [0.3, 0.4) is 0 Å². The fraction of sp³-hybridized carbons (Fsp3) is 0.600. The van der Waals surface area contributed by atoms with Crippen molar-refractivity contribution in [3.05, 3.63) is 29.6 Å². The Hall–Kier alpha value is -1.09. The second-order valence-corrected chi connectivity index (χ2v) is 4.64. The van der Waals surface area contributed by atoms with Gasteiger partial charge >= 0.3 is 0 Å². The van der Waals surface area contributed by atoms with Crippen LogP contribution in [0.5, 0.6) is 5.75 Å². The number of unbranched alkanes of at least 4 members (excludes halogenated alkanes) is 1. The zero-order valence-corrected chi connectivity index (χ0v) is 11.4. The molecule has 0 heterocycles. The van der Waals surface area contributed by atoms with Crippen LogP contribution >= 0.6 is 0 Å². The molecule has 0 bridgehead atoms. The lowest BCUT2D eigenvalue weighted by molar-refractivity contribution is 0.0959. The molecule has 18 heavy (non-hydrogen) atoms. The van der Waals surface area contributed by atoms with Gasteiger partial charge in [0.05, 0.1) is 13.2 Å². The molecule has 0 aromatic heterocycles. The summed E-state index contributed by atoms with van der Waals surface area (Å²) in [7, 11) is 1.54. The van der Waals surface area contributed by atoms with Crippen molar-refractivity contribution in [2.24, 2.45) is 5.92 Å². The van der Waals surface area contributed by atoms with Crippen LogP contribution in [0.15, 0.2) is 18.2 Å². The number of rotatable bonds is 7. The summed E-state index contributed by atoms with van der Waals surface area (Å²) in [6.07, 6.45) is 3.35. The molecule has 0 saturated heterocycles. The smallest absolute Gasteiger partial charge is 0.124 e. The summed E-state index contributed by atoms with van der Waals surface area (Å²) in [6.45, 7) is 4.18. The molecule has 0 amide bonds. The van der Waals surface area contributed by atoms with Gasteiger partial charge in [0.15, 0.2) is 0 Å². The normalized spacial score (nSPS) is 14.3. The lowest BCUT2D eigenvalue weighted by Gasteiger charge is -2.23. The van der Waals surface area contributed by atoms with Gasteiger partial charge in [-0.15, -0.1) is 0 Å². The fourth-order valence-electron chi connectivity index (χ4n) is 2.24. The predicted octanol–water partition coefficient (Wildman–Crippen LogP) is 4.08. The van der Waals surface area contributed by atoms with Crippen LogP contribution in [-0.4, -0.2) is 12.2 Å². The maximum atomic E-state index is 13.3. The first-order valence-electron chi connectivity index (χ1n) is 6.65. The molecule has 0 fully saturated rings. The van der Waals surface area contributed by atoms with E-state index in [-0.39, 0.29) is 11.7 Å². The van der Waals surface area contributed by atoms with Crippen LogP contribution in [0.4, 0.5) is 4.39 Å². The second-order valence-electron chi connectivity index (χ2n) is 4.64. The van der Waals surface area contributed by atoms with E-state index in [2.05, 4.69) is 13.8 Å². The van der Waals surface area contributed by atoms with Gasteiger partial charge in [-0.05, 0) is 30.5 Å². The topological polar surface area (TPSA) is 29.5 Å². The van der Waals surface area contributed by atoms with Crippen LogP contribution in [0, 0.1) is 11.7 Å². The minimum Gasteiger partial charge on any atom is -0.496 e. The van der Waals surface area contributed by atoms with E-state index < -0.39 is 6.10 Å². The number of aliphatic hydroxyl groups excluding tert-OH is 1. The van der Waals surface area contributed by atoms with Gasteiger partial charge in [0, 0.05) is 5.56 Å². The molecule has 0 aliphatic rings. The summed E-state index contributed by atoms with van der Waals surface area (Å²) in [5.74, 6) is 0.370. The molecule has 2 unspecified atom stereocenters. The Morgan fingerprint density at radius 3 is 2.61 bits per heavy atom. The van der Waals surface area contributed by atoms with Gasteiger partial charge in [0.2, 0.25) is 0 Å².